The first-order valence-electron chi connectivity index (χ1n) is 6.56. The summed E-state index contributed by atoms with van der Waals surface area (Å²) in [7, 11) is 1.89. The molecule has 1 aliphatic carbocycles. The van der Waals surface area contributed by atoms with E-state index < -0.39 is 0 Å². The minimum atomic E-state index is 0.00826. The van der Waals surface area contributed by atoms with Crippen molar-refractivity contribution < 1.29 is 4.79 Å². The molecule has 18 heavy (non-hydrogen) atoms. The molecular weight excluding hydrogens is 228 g/mol. The van der Waals surface area contributed by atoms with Crippen LogP contribution in [0.2, 0.25) is 0 Å². The third-order valence-electron chi connectivity index (χ3n) is 3.31. The second kappa shape index (κ2) is 5.52. The first-order chi connectivity index (χ1) is 8.56. The number of hydrogen-bond acceptors (Lipinski definition) is 3. The van der Waals surface area contributed by atoms with Gasteiger partial charge in [0.2, 0.25) is 5.91 Å². The molecule has 0 radical (unpaired) electrons. The fraction of sp³-hybridized carbons (Fsp3) is 0.692. The molecule has 1 aliphatic rings. The molecule has 1 fully saturated rings. The van der Waals surface area contributed by atoms with E-state index in [0.717, 1.165) is 23.7 Å². The van der Waals surface area contributed by atoms with Crippen LogP contribution in [0.4, 0.5) is 0 Å². The highest BCUT2D eigenvalue weighted by molar-refractivity contribution is 5.78. The number of carbonyl (C=O) groups is 1. The molecule has 1 saturated carbocycles. The molecule has 1 aromatic rings. The van der Waals surface area contributed by atoms with Crippen molar-refractivity contribution in [2.75, 3.05) is 13.1 Å². The second-order valence-electron chi connectivity index (χ2n) is 5.21. The van der Waals surface area contributed by atoms with Crippen molar-refractivity contribution in [3.8, 4) is 0 Å². The molecule has 1 amide bonds. The number of rotatable bonds is 6. The predicted molar refractivity (Wildman–Crippen MR) is 70.1 cm³/mol. The zero-order valence-electron chi connectivity index (χ0n) is 11.4. The number of hydrogen-bond donors (Lipinski definition) is 2. The molecule has 0 spiro atoms. The Morgan fingerprint density at radius 3 is 2.89 bits per heavy atom. The third kappa shape index (κ3) is 3.57. The highest BCUT2D eigenvalue weighted by atomic mass is 16.1. The Labute approximate surface area is 108 Å². The molecule has 5 heteroatoms. The number of nitrogens with zero attached hydrogens (tertiary/aromatic N) is 2. The maximum Gasteiger partial charge on any atom is 0.234 e. The van der Waals surface area contributed by atoms with Crippen LogP contribution < -0.4 is 10.6 Å². The van der Waals surface area contributed by atoms with E-state index >= 15 is 0 Å². The summed E-state index contributed by atoms with van der Waals surface area (Å²) in [6.45, 7) is 5.32. The number of nitrogens with one attached hydrogen (secondary N) is 2. The van der Waals surface area contributed by atoms with Crippen LogP contribution in [0.25, 0.3) is 0 Å². The van der Waals surface area contributed by atoms with Gasteiger partial charge in [-0.15, -0.1) is 0 Å². The maximum absolute atomic E-state index is 11.7. The SMILES string of the molecule is Cc1nn(C)cc1C(C)NC(=O)CNCC1CC1. The van der Waals surface area contributed by atoms with Crippen molar-refractivity contribution in [3.05, 3.63) is 17.5 Å². The highest BCUT2D eigenvalue weighted by Gasteiger charge is 2.21. The van der Waals surface area contributed by atoms with E-state index in [9.17, 15) is 4.79 Å². The van der Waals surface area contributed by atoms with Crippen LogP contribution in [-0.4, -0.2) is 28.8 Å². The Kier molecular flexibility index (Phi) is 4.01. The van der Waals surface area contributed by atoms with Crippen LogP contribution in [0.3, 0.4) is 0 Å². The third-order valence-corrected chi connectivity index (χ3v) is 3.31. The summed E-state index contributed by atoms with van der Waals surface area (Å²) in [6.07, 6.45) is 4.57. The Morgan fingerprint density at radius 2 is 2.33 bits per heavy atom. The summed E-state index contributed by atoms with van der Waals surface area (Å²) < 4.78 is 1.78. The highest BCUT2D eigenvalue weighted by Crippen LogP contribution is 2.27. The average molecular weight is 250 g/mol. The Balaban J connectivity index is 1.76. The minimum Gasteiger partial charge on any atom is -0.348 e. The number of carbonyl (C=O) groups excluding carboxylic acids is 1. The first-order valence-corrected chi connectivity index (χ1v) is 6.56. The van der Waals surface area contributed by atoms with E-state index in [-0.39, 0.29) is 11.9 Å². The average Bonchev–Trinajstić information content (AvgIpc) is 3.03. The lowest BCUT2D eigenvalue weighted by Gasteiger charge is -2.13. The van der Waals surface area contributed by atoms with Gasteiger partial charge in [0, 0.05) is 18.8 Å². The van der Waals surface area contributed by atoms with Gasteiger partial charge in [0.1, 0.15) is 0 Å². The number of aromatic nitrogens is 2. The zero-order chi connectivity index (χ0) is 13.1. The van der Waals surface area contributed by atoms with Crippen LogP contribution in [0.15, 0.2) is 6.20 Å². The summed E-state index contributed by atoms with van der Waals surface area (Å²) in [6, 6.07) is 0.00826. The van der Waals surface area contributed by atoms with E-state index in [2.05, 4.69) is 15.7 Å². The van der Waals surface area contributed by atoms with Crippen molar-refractivity contribution in [1.29, 1.82) is 0 Å². The second-order valence-corrected chi connectivity index (χ2v) is 5.21. The largest absolute Gasteiger partial charge is 0.348 e. The van der Waals surface area contributed by atoms with E-state index in [1.165, 1.54) is 12.8 Å². The number of amides is 1. The van der Waals surface area contributed by atoms with E-state index in [1.54, 1.807) is 4.68 Å². The van der Waals surface area contributed by atoms with Gasteiger partial charge >= 0.3 is 0 Å². The lowest BCUT2D eigenvalue weighted by molar-refractivity contribution is -0.120. The lowest BCUT2D eigenvalue weighted by atomic mass is 10.1. The first kappa shape index (κ1) is 13.1. The van der Waals surface area contributed by atoms with Crippen molar-refractivity contribution in [1.82, 2.24) is 20.4 Å². The van der Waals surface area contributed by atoms with Crippen LogP contribution >= 0.6 is 0 Å². The monoisotopic (exact) mass is 250 g/mol. The van der Waals surface area contributed by atoms with E-state index in [0.29, 0.717) is 6.54 Å². The lowest BCUT2D eigenvalue weighted by Crippen LogP contribution is -2.36. The molecule has 1 heterocycles. The molecule has 2 rings (SSSR count). The summed E-state index contributed by atoms with van der Waals surface area (Å²) in [5.41, 5.74) is 2.05. The molecule has 100 valence electrons. The molecule has 0 aromatic carbocycles. The summed E-state index contributed by atoms with van der Waals surface area (Å²) >= 11 is 0. The van der Waals surface area contributed by atoms with Gasteiger partial charge < -0.3 is 10.6 Å². The fourth-order valence-electron chi connectivity index (χ4n) is 2.13. The van der Waals surface area contributed by atoms with Gasteiger partial charge in [0.25, 0.3) is 0 Å². The molecule has 0 saturated heterocycles. The minimum absolute atomic E-state index is 0.00826. The van der Waals surface area contributed by atoms with E-state index in [4.69, 9.17) is 0 Å². The Hall–Kier alpha value is -1.36. The summed E-state index contributed by atoms with van der Waals surface area (Å²) in [4.78, 5) is 11.7. The fourth-order valence-corrected chi connectivity index (χ4v) is 2.13. The molecule has 0 bridgehead atoms. The van der Waals surface area contributed by atoms with Crippen LogP contribution in [-0.2, 0) is 11.8 Å². The van der Waals surface area contributed by atoms with Gasteiger partial charge in [-0.2, -0.15) is 5.10 Å². The smallest absolute Gasteiger partial charge is 0.234 e. The molecule has 1 atom stereocenters. The molecule has 0 aliphatic heterocycles. The standard InChI is InChI=1S/C13H22N4O/c1-9(12-8-17(3)16-10(12)2)15-13(18)7-14-6-11-4-5-11/h8-9,11,14H,4-7H2,1-3H3,(H,15,18). The van der Waals surface area contributed by atoms with Gasteiger partial charge in [0.05, 0.1) is 18.3 Å². The van der Waals surface area contributed by atoms with Crippen molar-refractivity contribution in [2.24, 2.45) is 13.0 Å². The summed E-state index contributed by atoms with van der Waals surface area (Å²) in [5.74, 6) is 0.849. The summed E-state index contributed by atoms with van der Waals surface area (Å²) in [5, 5.41) is 10.5. The molecule has 1 unspecified atom stereocenters. The van der Waals surface area contributed by atoms with Crippen LogP contribution in [0, 0.1) is 12.8 Å². The molecule has 2 N–H and O–H groups in total. The van der Waals surface area contributed by atoms with Gasteiger partial charge in [-0.3, -0.25) is 9.48 Å². The number of aryl methyl sites for hydroxylation is 2. The molecule has 1 aromatic heterocycles. The van der Waals surface area contributed by atoms with E-state index in [1.807, 2.05) is 27.1 Å². The van der Waals surface area contributed by atoms with Gasteiger partial charge in [-0.25, -0.2) is 0 Å². The van der Waals surface area contributed by atoms with Gasteiger partial charge in [-0.05, 0) is 39.2 Å². The van der Waals surface area contributed by atoms with Gasteiger partial charge in [-0.1, -0.05) is 0 Å². The van der Waals surface area contributed by atoms with Crippen LogP contribution in [0.1, 0.15) is 37.1 Å². The zero-order valence-corrected chi connectivity index (χ0v) is 11.4. The van der Waals surface area contributed by atoms with Crippen molar-refractivity contribution in [3.63, 3.8) is 0 Å². The van der Waals surface area contributed by atoms with Gasteiger partial charge in [0.15, 0.2) is 0 Å². The molecular formula is C13H22N4O. The van der Waals surface area contributed by atoms with Crippen molar-refractivity contribution >= 4 is 5.91 Å². The Bertz CT molecular complexity index is 423. The maximum atomic E-state index is 11.7. The topological polar surface area (TPSA) is 59.0 Å². The normalized spacial score (nSPS) is 16.6. The Morgan fingerprint density at radius 1 is 1.61 bits per heavy atom. The quantitative estimate of drug-likeness (QED) is 0.789. The van der Waals surface area contributed by atoms with Crippen LogP contribution in [0.5, 0.6) is 0 Å². The molecule has 5 nitrogen and oxygen atoms in total. The predicted octanol–water partition coefficient (Wildman–Crippen LogP) is 0.905. The van der Waals surface area contributed by atoms with Crippen molar-refractivity contribution in [2.45, 2.75) is 32.7 Å².